The molecular weight excluding hydrogens is 378 g/mol. The molecule has 6 nitrogen and oxygen atoms in total. The molecule has 0 amide bonds. The first kappa shape index (κ1) is 18.7. The van der Waals surface area contributed by atoms with Crippen molar-refractivity contribution in [2.75, 3.05) is 24.6 Å². The summed E-state index contributed by atoms with van der Waals surface area (Å²) in [6.45, 7) is 7.75. The smallest absolute Gasteiger partial charge is 0.262 e. The van der Waals surface area contributed by atoms with E-state index in [1.165, 1.54) is 0 Å². The molecule has 0 saturated carbocycles. The fourth-order valence-electron chi connectivity index (χ4n) is 3.48. The van der Waals surface area contributed by atoms with Gasteiger partial charge >= 0.3 is 0 Å². The standard InChI is InChI=1S/C19H25N5OS2/c1-14(2)7-8-22-17(25)15-5-3-4-6-16(15)24-18(22)20-23(19(24)26)13-21-9-11-27-12-10-21/h3-6,14H,7-13H2,1-2H3. The molecule has 0 aliphatic carbocycles. The minimum Gasteiger partial charge on any atom is -0.283 e. The van der Waals surface area contributed by atoms with Crippen LogP contribution in [0.1, 0.15) is 20.3 Å². The van der Waals surface area contributed by atoms with Gasteiger partial charge in [0, 0.05) is 31.1 Å². The number of aryl methyl sites for hydroxylation is 1. The fourth-order valence-corrected chi connectivity index (χ4v) is 4.74. The number of aromatic nitrogens is 4. The van der Waals surface area contributed by atoms with Gasteiger partial charge in [0.25, 0.3) is 5.56 Å². The molecule has 4 rings (SSSR count). The first-order valence-corrected chi connectivity index (χ1v) is 11.0. The first-order chi connectivity index (χ1) is 13.1. The van der Waals surface area contributed by atoms with Crippen LogP contribution in [-0.2, 0) is 13.2 Å². The molecule has 1 aliphatic heterocycles. The Morgan fingerprint density at radius 3 is 2.70 bits per heavy atom. The summed E-state index contributed by atoms with van der Waals surface area (Å²) in [6, 6.07) is 7.68. The van der Waals surface area contributed by atoms with E-state index in [-0.39, 0.29) is 5.56 Å². The zero-order valence-electron chi connectivity index (χ0n) is 15.8. The second-order valence-electron chi connectivity index (χ2n) is 7.45. The van der Waals surface area contributed by atoms with E-state index in [4.69, 9.17) is 17.3 Å². The Morgan fingerprint density at radius 2 is 1.96 bits per heavy atom. The van der Waals surface area contributed by atoms with E-state index in [0.29, 0.717) is 35.1 Å². The van der Waals surface area contributed by atoms with Crippen LogP contribution in [0.4, 0.5) is 0 Å². The topological polar surface area (TPSA) is 47.5 Å². The average Bonchev–Trinajstić information content (AvgIpc) is 2.98. The van der Waals surface area contributed by atoms with Gasteiger partial charge in [-0.15, -0.1) is 5.10 Å². The van der Waals surface area contributed by atoms with Crippen LogP contribution < -0.4 is 5.56 Å². The number of fused-ring (bicyclic) bond motifs is 3. The molecule has 27 heavy (non-hydrogen) atoms. The number of thioether (sulfide) groups is 1. The Labute approximate surface area is 167 Å². The van der Waals surface area contributed by atoms with Crippen LogP contribution in [0, 0.1) is 10.7 Å². The summed E-state index contributed by atoms with van der Waals surface area (Å²) in [5.41, 5.74) is 0.851. The Morgan fingerprint density at radius 1 is 1.22 bits per heavy atom. The van der Waals surface area contributed by atoms with Crippen molar-refractivity contribution < 1.29 is 0 Å². The van der Waals surface area contributed by atoms with Crippen LogP contribution in [0.25, 0.3) is 16.7 Å². The minimum atomic E-state index is 0.0141. The van der Waals surface area contributed by atoms with Gasteiger partial charge in [-0.25, -0.2) is 4.68 Å². The normalized spacial score (nSPS) is 16.0. The number of rotatable bonds is 5. The van der Waals surface area contributed by atoms with E-state index >= 15 is 0 Å². The lowest BCUT2D eigenvalue weighted by Crippen LogP contribution is -2.34. The van der Waals surface area contributed by atoms with Crippen LogP contribution in [0.3, 0.4) is 0 Å². The molecule has 0 bridgehead atoms. The SMILES string of the molecule is CC(C)CCn1c(=O)c2ccccc2n2c(=S)n(CN3CCSCC3)nc12. The largest absolute Gasteiger partial charge is 0.283 e. The molecule has 1 aromatic carbocycles. The second-order valence-corrected chi connectivity index (χ2v) is 9.04. The highest BCUT2D eigenvalue weighted by Gasteiger charge is 2.18. The molecule has 0 atom stereocenters. The lowest BCUT2D eigenvalue weighted by atomic mass is 10.1. The highest BCUT2D eigenvalue weighted by Crippen LogP contribution is 2.16. The van der Waals surface area contributed by atoms with Gasteiger partial charge in [-0.05, 0) is 36.7 Å². The molecule has 0 spiro atoms. The summed E-state index contributed by atoms with van der Waals surface area (Å²) in [5, 5.41) is 5.48. The van der Waals surface area contributed by atoms with E-state index in [1.54, 1.807) is 4.57 Å². The van der Waals surface area contributed by atoms with Crippen molar-refractivity contribution in [3.63, 3.8) is 0 Å². The molecule has 0 unspecified atom stereocenters. The highest BCUT2D eigenvalue weighted by atomic mass is 32.2. The van der Waals surface area contributed by atoms with E-state index in [2.05, 4.69) is 18.7 Å². The van der Waals surface area contributed by atoms with Gasteiger partial charge in [0.1, 0.15) is 0 Å². The third-order valence-electron chi connectivity index (χ3n) is 5.05. The van der Waals surface area contributed by atoms with Gasteiger partial charge in [-0.2, -0.15) is 11.8 Å². The Balaban J connectivity index is 1.89. The second kappa shape index (κ2) is 7.77. The number of hydrogen-bond acceptors (Lipinski definition) is 5. The number of hydrogen-bond donors (Lipinski definition) is 0. The van der Waals surface area contributed by atoms with Gasteiger partial charge in [-0.1, -0.05) is 26.0 Å². The Bertz CT molecular complexity index is 1080. The third-order valence-corrected chi connectivity index (χ3v) is 6.39. The summed E-state index contributed by atoms with van der Waals surface area (Å²) in [7, 11) is 0. The van der Waals surface area contributed by atoms with Crippen molar-refractivity contribution in [3.8, 4) is 0 Å². The molecular formula is C19H25N5OS2. The van der Waals surface area contributed by atoms with E-state index in [0.717, 1.165) is 36.5 Å². The molecule has 144 valence electrons. The van der Waals surface area contributed by atoms with Crippen LogP contribution in [0.5, 0.6) is 0 Å². The molecule has 1 aliphatic rings. The van der Waals surface area contributed by atoms with E-state index in [9.17, 15) is 4.79 Å². The van der Waals surface area contributed by atoms with Crippen molar-refractivity contribution in [2.45, 2.75) is 33.5 Å². The van der Waals surface area contributed by atoms with Gasteiger partial charge in [0.05, 0.1) is 17.6 Å². The van der Waals surface area contributed by atoms with Crippen LogP contribution in [0.2, 0.25) is 0 Å². The Hall–Kier alpha value is -1.64. The molecule has 0 radical (unpaired) electrons. The van der Waals surface area contributed by atoms with Crippen molar-refractivity contribution in [2.24, 2.45) is 5.92 Å². The van der Waals surface area contributed by atoms with Crippen molar-refractivity contribution in [1.29, 1.82) is 0 Å². The Kier molecular flexibility index (Phi) is 5.39. The quantitative estimate of drug-likeness (QED) is 0.612. The first-order valence-electron chi connectivity index (χ1n) is 9.47. The summed E-state index contributed by atoms with van der Waals surface area (Å²) in [5.74, 6) is 3.45. The van der Waals surface area contributed by atoms with E-state index in [1.807, 2.05) is 45.1 Å². The summed E-state index contributed by atoms with van der Waals surface area (Å²) < 4.78 is 6.28. The van der Waals surface area contributed by atoms with Crippen molar-refractivity contribution >= 4 is 40.7 Å². The zero-order chi connectivity index (χ0) is 19.0. The molecule has 0 N–H and O–H groups in total. The molecule has 3 heterocycles. The van der Waals surface area contributed by atoms with Gasteiger partial charge in [0.2, 0.25) is 10.5 Å². The lowest BCUT2D eigenvalue weighted by Gasteiger charge is -2.25. The summed E-state index contributed by atoms with van der Waals surface area (Å²) in [6.07, 6.45) is 0.927. The zero-order valence-corrected chi connectivity index (χ0v) is 17.4. The maximum Gasteiger partial charge on any atom is 0.262 e. The maximum absolute atomic E-state index is 13.1. The third kappa shape index (κ3) is 3.58. The van der Waals surface area contributed by atoms with Crippen molar-refractivity contribution in [1.82, 2.24) is 23.6 Å². The number of benzene rings is 1. The van der Waals surface area contributed by atoms with E-state index < -0.39 is 0 Å². The summed E-state index contributed by atoms with van der Waals surface area (Å²) >= 11 is 7.76. The van der Waals surface area contributed by atoms with Crippen LogP contribution >= 0.6 is 24.0 Å². The molecule has 1 saturated heterocycles. The number of para-hydroxylation sites is 1. The van der Waals surface area contributed by atoms with Crippen molar-refractivity contribution in [3.05, 3.63) is 39.4 Å². The maximum atomic E-state index is 13.1. The molecule has 8 heteroatoms. The number of nitrogens with zero attached hydrogens (tertiary/aromatic N) is 5. The van der Waals surface area contributed by atoms with Crippen LogP contribution in [0.15, 0.2) is 29.1 Å². The average molecular weight is 404 g/mol. The van der Waals surface area contributed by atoms with Crippen LogP contribution in [-0.4, -0.2) is 48.2 Å². The molecule has 3 aromatic rings. The van der Waals surface area contributed by atoms with Gasteiger partial charge in [0.15, 0.2) is 0 Å². The van der Waals surface area contributed by atoms with Gasteiger partial charge in [-0.3, -0.25) is 18.7 Å². The minimum absolute atomic E-state index is 0.0141. The summed E-state index contributed by atoms with van der Waals surface area (Å²) in [4.78, 5) is 15.5. The fraction of sp³-hybridized carbons (Fsp3) is 0.526. The lowest BCUT2D eigenvalue weighted by molar-refractivity contribution is 0.226. The highest BCUT2D eigenvalue weighted by molar-refractivity contribution is 7.99. The van der Waals surface area contributed by atoms with Gasteiger partial charge < -0.3 is 0 Å². The predicted molar refractivity (Wildman–Crippen MR) is 114 cm³/mol. The predicted octanol–water partition coefficient (Wildman–Crippen LogP) is 3.23. The molecule has 1 fully saturated rings. The monoisotopic (exact) mass is 403 g/mol. The molecule has 2 aromatic heterocycles.